The van der Waals surface area contributed by atoms with E-state index in [9.17, 15) is 9.90 Å². The van der Waals surface area contributed by atoms with Crippen LogP contribution in [-0.2, 0) is 6.54 Å². The van der Waals surface area contributed by atoms with Gasteiger partial charge in [0.2, 0.25) is 0 Å². The van der Waals surface area contributed by atoms with Gasteiger partial charge in [-0.3, -0.25) is 9.88 Å². The summed E-state index contributed by atoms with van der Waals surface area (Å²) in [5.41, 5.74) is 1.10. The van der Waals surface area contributed by atoms with Crippen LogP contribution in [0.15, 0.2) is 24.4 Å². The second kappa shape index (κ2) is 9.15. The van der Waals surface area contributed by atoms with E-state index < -0.39 is 0 Å². The Morgan fingerprint density at radius 2 is 2.08 bits per heavy atom. The molecule has 0 bridgehead atoms. The van der Waals surface area contributed by atoms with Crippen LogP contribution in [0.3, 0.4) is 0 Å². The third-order valence-electron chi connectivity index (χ3n) is 5.34. The first-order chi connectivity index (χ1) is 12.2. The van der Waals surface area contributed by atoms with Crippen molar-refractivity contribution >= 4 is 6.03 Å². The van der Waals surface area contributed by atoms with Crippen LogP contribution in [0.1, 0.15) is 44.2 Å². The highest BCUT2D eigenvalue weighted by Crippen LogP contribution is 2.23. The fraction of sp³-hybridized carbons (Fsp3) is 0.684. The SMILES string of the molecule is O=C(NCC1CCCC(O)C1)NC1CCN(Cc2ccccn2)CC1. The number of aromatic nitrogens is 1. The number of urea groups is 1. The van der Waals surface area contributed by atoms with Crippen molar-refractivity contribution < 1.29 is 9.90 Å². The number of hydrogen-bond donors (Lipinski definition) is 3. The molecule has 2 amide bonds. The van der Waals surface area contributed by atoms with Crippen molar-refractivity contribution in [3.8, 4) is 0 Å². The highest BCUT2D eigenvalue weighted by Gasteiger charge is 2.23. The maximum absolute atomic E-state index is 12.1. The van der Waals surface area contributed by atoms with Crippen LogP contribution < -0.4 is 10.6 Å². The summed E-state index contributed by atoms with van der Waals surface area (Å²) in [5.74, 6) is 0.412. The summed E-state index contributed by atoms with van der Waals surface area (Å²) in [6.45, 7) is 3.51. The normalized spacial score (nSPS) is 25.5. The summed E-state index contributed by atoms with van der Waals surface area (Å²) < 4.78 is 0. The van der Waals surface area contributed by atoms with Crippen LogP contribution in [0.2, 0.25) is 0 Å². The van der Waals surface area contributed by atoms with Gasteiger partial charge in [0.05, 0.1) is 11.8 Å². The number of carbonyl (C=O) groups excluding carboxylic acids is 1. The zero-order valence-electron chi connectivity index (χ0n) is 14.9. The predicted molar refractivity (Wildman–Crippen MR) is 97.0 cm³/mol. The van der Waals surface area contributed by atoms with Gasteiger partial charge in [0, 0.05) is 38.4 Å². The van der Waals surface area contributed by atoms with E-state index in [1.807, 2.05) is 18.3 Å². The average molecular weight is 346 g/mol. The lowest BCUT2D eigenvalue weighted by atomic mass is 9.87. The lowest BCUT2D eigenvalue weighted by molar-refractivity contribution is 0.101. The second-order valence-electron chi connectivity index (χ2n) is 7.41. The molecule has 0 aromatic carbocycles. The number of aliphatic hydroxyl groups is 1. The Balaban J connectivity index is 1.32. The third-order valence-corrected chi connectivity index (χ3v) is 5.34. The molecular formula is C19H30N4O2. The van der Waals surface area contributed by atoms with Gasteiger partial charge in [-0.05, 0) is 50.2 Å². The van der Waals surface area contributed by atoms with Crippen molar-refractivity contribution in [2.75, 3.05) is 19.6 Å². The summed E-state index contributed by atoms with van der Waals surface area (Å²) in [4.78, 5) is 18.9. The molecule has 2 heterocycles. The summed E-state index contributed by atoms with van der Waals surface area (Å²) in [5, 5.41) is 15.8. The number of nitrogens with one attached hydrogen (secondary N) is 2. The van der Waals surface area contributed by atoms with Crippen molar-refractivity contribution in [3.05, 3.63) is 30.1 Å². The quantitative estimate of drug-likeness (QED) is 0.761. The van der Waals surface area contributed by atoms with Gasteiger partial charge in [-0.25, -0.2) is 4.79 Å². The molecule has 2 fully saturated rings. The first kappa shape index (κ1) is 18.1. The fourth-order valence-corrected chi connectivity index (χ4v) is 3.88. The molecule has 1 saturated heterocycles. The number of nitrogens with zero attached hydrogens (tertiary/aromatic N) is 2. The Morgan fingerprint density at radius 3 is 2.80 bits per heavy atom. The summed E-state index contributed by atoms with van der Waals surface area (Å²) in [6, 6.07) is 6.19. The molecule has 2 unspecified atom stereocenters. The molecule has 1 aromatic heterocycles. The van der Waals surface area contributed by atoms with Crippen molar-refractivity contribution in [3.63, 3.8) is 0 Å². The molecule has 6 heteroatoms. The molecule has 2 aliphatic rings. The van der Waals surface area contributed by atoms with Gasteiger partial charge < -0.3 is 15.7 Å². The number of likely N-dealkylation sites (tertiary alicyclic amines) is 1. The van der Waals surface area contributed by atoms with Gasteiger partial charge in [-0.2, -0.15) is 0 Å². The van der Waals surface area contributed by atoms with Crippen molar-refractivity contribution in [2.45, 2.75) is 57.2 Å². The molecule has 2 atom stereocenters. The van der Waals surface area contributed by atoms with Crippen LogP contribution in [-0.4, -0.2) is 52.8 Å². The molecule has 1 aliphatic heterocycles. The first-order valence-corrected chi connectivity index (χ1v) is 9.54. The zero-order valence-corrected chi connectivity index (χ0v) is 14.9. The molecule has 1 saturated carbocycles. The molecule has 1 aliphatic carbocycles. The topological polar surface area (TPSA) is 77.5 Å². The Bertz CT molecular complexity index is 531. The standard InChI is InChI=1S/C19H30N4O2/c24-18-6-3-4-15(12-18)13-21-19(25)22-16-7-10-23(11-8-16)14-17-5-1-2-9-20-17/h1-2,5,9,15-16,18,24H,3-4,6-8,10-14H2,(H2,21,22,25). The van der Waals surface area contributed by atoms with E-state index >= 15 is 0 Å². The largest absolute Gasteiger partial charge is 0.393 e. The number of amides is 2. The number of piperidine rings is 1. The van der Waals surface area contributed by atoms with E-state index in [1.54, 1.807) is 0 Å². The Kier molecular flexibility index (Phi) is 6.64. The van der Waals surface area contributed by atoms with E-state index in [0.717, 1.165) is 63.9 Å². The second-order valence-corrected chi connectivity index (χ2v) is 7.41. The first-order valence-electron chi connectivity index (χ1n) is 9.54. The highest BCUT2D eigenvalue weighted by molar-refractivity contribution is 5.74. The molecule has 3 N–H and O–H groups in total. The van der Waals surface area contributed by atoms with Crippen LogP contribution in [0.25, 0.3) is 0 Å². The summed E-state index contributed by atoms with van der Waals surface area (Å²) in [7, 11) is 0. The van der Waals surface area contributed by atoms with Gasteiger partial charge in [0.15, 0.2) is 0 Å². The number of carbonyl (C=O) groups is 1. The van der Waals surface area contributed by atoms with E-state index in [0.29, 0.717) is 12.5 Å². The summed E-state index contributed by atoms with van der Waals surface area (Å²) in [6.07, 6.45) is 7.47. The van der Waals surface area contributed by atoms with Crippen LogP contribution in [0.5, 0.6) is 0 Å². The van der Waals surface area contributed by atoms with E-state index in [4.69, 9.17) is 0 Å². The van der Waals surface area contributed by atoms with Crippen LogP contribution in [0.4, 0.5) is 4.79 Å². The minimum atomic E-state index is -0.188. The maximum atomic E-state index is 12.1. The lowest BCUT2D eigenvalue weighted by Crippen LogP contribution is -2.48. The Hall–Kier alpha value is -1.66. The van der Waals surface area contributed by atoms with E-state index in [1.165, 1.54) is 0 Å². The monoisotopic (exact) mass is 346 g/mol. The molecule has 0 spiro atoms. The van der Waals surface area contributed by atoms with E-state index in [2.05, 4.69) is 26.6 Å². The van der Waals surface area contributed by atoms with Gasteiger partial charge in [0.1, 0.15) is 0 Å². The molecule has 1 aromatic rings. The molecular weight excluding hydrogens is 316 g/mol. The van der Waals surface area contributed by atoms with Crippen molar-refractivity contribution in [2.24, 2.45) is 5.92 Å². The number of rotatable bonds is 5. The molecule has 138 valence electrons. The molecule has 3 rings (SSSR count). The third kappa shape index (κ3) is 5.97. The van der Waals surface area contributed by atoms with Crippen molar-refractivity contribution in [1.29, 1.82) is 0 Å². The smallest absolute Gasteiger partial charge is 0.315 e. The van der Waals surface area contributed by atoms with Crippen LogP contribution in [0, 0.1) is 5.92 Å². The van der Waals surface area contributed by atoms with Gasteiger partial charge in [-0.15, -0.1) is 0 Å². The summed E-state index contributed by atoms with van der Waals surface area (Å²) >= 11 is 0. The van der Waals surface area contributed by atoms with Gasteiger partial charge in [0.25, 0.3) is 0 Å². The van der Waals surface area contributed by atoms with Crippen LogP contribution >= 0.6 is 0 Å². The maximum Gasteiger partial charge on any atom is 0.315 e. The Labute approximate surface area is 150 Å². The zero-order chi connectivity index (χ0) is 17.5. The predicted octanol–water partition coefficient (Wildman–Crippen LogP) is 1.90. The molecule has 6 nitrogen and oxygen atoms in total. The van der Waals surface area contributed by atoms with Gasteiger partial charge in [-0.1, -0.05) is 12.5 Å². The highest BCUT2D eigenvalue weighted by atomic mass is 16.3. The number of pyridine rings is 1. The molecule has 25 heavy (non-hydrogen) atoms. The fourth-order valence-electron chi connectivity index (χ4n) is 3.88. The van der Waals surface area contributed by atoms with E-state index in [-0.39, 0.29) is 18.2 Å². The number of hydrogen-bond acceptors (Lipinski definition) is 4. The minimum absolute atomic E-state index is 0.0664. The number of aliphatic hydroxyl groups excluding tert-OH is 1. The average Bonchev–Trinajstić information content (AvgIpc) is 2.63. The van der Waals surface area contributed by atoms with Crippen molar-refractivity contribution in [1.82, 2.24) is 20.5 Å². The Morgan fingerprint density at radius 1 is 1.24 bits per heavy atom. The lowest BCUT2D eigenvalue weighted by Gasteiger charge is -2.32. The van der Waals surface area contributed by atoms with Gasteiger partial charge >= 0.3 is 6.03 Å². The minimum Gasteiger partial charge on any atom is -0.393 e. The molecule has 0 radical (unpaired) electrons.